The van der Waals surface area contributed by atoms with Crippen LogP contribution in [0.2, 0.25) is 5.02 Å². The van der Waals surface area contributed by atoms with Crippen LogP contribution in [-0.2, 0) is 0 Å². The van der Waals surface area contributed by atoms with Gasteiger partial charge >= 0.3 is 0 Å². The first-order chi connectivity index (χ1) is 9.10. The fraction of sp³-hybridized carbons (Fsp3) is 0.133. The molecule has 0 aromatic heterocycles. The molecule has 0 saturated heterocycles. The Balaban J connectivity index is 2.21. The molecule has 0 heterocycles. The highest BCUT2D eigenvalue weighted by Gasteiger charge is 2.08. The fourth-order valence-corrected chi connectivity index (χ4v) is 2.21. The molecule has 0 aliphatic heterocycles. The Bertz CT molecular complexity index is 617. The Kier molecular flexibility index (Phi) is 4.47. The van der Waals surface area contributed by atoms with E-state index in [-0.39, 0.29) is 6.04 Å². The van der Waals surface area contributed by atoms with E-state index in [1.807, 2.05) is 24.3 Å². The first-order valence-corrected chi connectivity index (χ1v) is 6.99. The van der Waals surface area contributed by atoms with Crippen molar-refractivity contribution in [2.75, 3.05) is 5.32 Å². The zero-order valence-electron chi connectivity index (χ0n) is 10.3. The van der Waals surface area contributed by atoms with E-state index in [9.17, 15) is 0 Å². The predicted octanol–water partition coefficient (Wildman–Crippen LogP) is 5.15. The second-order valence-electron chi connectivity index (χ2n) is 4.22. The summed E-state index contributed by atoms with van der Waals surface area (Å²) in [6, 6.07) is 15.5. The summed E-state index contributed by atoms with van der Waals surface area (Å²) in [6.45, 7) is 2.05. The Hall–Kier alpha value is -1.50. The quantitative estimate of drug-likeness (QED) is 0.842. The normalized spacial score (nSPS) is 11.7. The SMILES string of the molecule is CC(Nc1cc(C#N)ccc1Cl)c1ccc(Br)cc1. The van der Waals surface area contributed by atoms with Crippen molar-refractivity contribution in [3.05, 3.63) is 63.1 Å². The van der Waals surface area contributed by atoms with Gasteiger partial charge < -0.3 is 5.32 Å². The lowest BCUT2D eigenvalue weighted by Crippen LogP contribution is -2.07. The molecule has 2 nitrogen and oxygen atoms in total. The smallest absolute Gasteiger partial charge is 0.0992 e. The molecule has 96 valence electrons. The third-order valence-corrected chi connectivity index (χ3v) is 3.70. The average Bonchev–Trinajstić information content (AvgIpc) is 2.42. The van der Waals surface area contributed by atoms with Gasteiger partial charge in [0.25, 0.3) is 0 Å². The zero-order chi connectivity index (χ0) is 13.8. The molecule has 1 atom stereocenters. The minimum atomic E-state index is 0.111. The predicted molar refractivity (Wildman–Crippen MR) is 82.3 cm³/mol. The van der Waals surface area contributed by atoms with Gasteiger partial charge in [0.1, 0.15) is 0 Å². The fourth-order valence-electron chi connectivity index (χ4n) is 1.77. The van der Waals surface area contributed by atoms with Crippen molar-refractivity contribution in [1.29, 1.82) is 5.26 Å². The minimum absolute atomic E-state index is 0.111. The lowest BCUT2D eigenvalue weighted by atomic mass is 10.1. The average molecular weight is 336 g/mol. The van der Waals surface area contributed by atoms with E-state index in [0.29, 0.717) is 10.6 Å². The highest BCUT2D eigenvalue weighted by atomic mass is 79.9. The van der Waals surface area contributed by atoms with Crippen LogP contribution >= 0.6 is 27.5 Å². The third kappa shape index (κ3) is 3.50. The second-order valence-corrected chi connectivity index (χ2v) is 5.55. The van der Waals surface area contributed by atoms with Crippen molar-refractivity contribution in [3.63, 3.8) is 0 Å². The number of benzene rings is 2. The van der Waals surface area contributed by atoms with E-state index < -0.39 is 0 Å². The van der Waals surface area contributed by atoms with Crippen LogP contribution in [0.3, 0.4) is 0 Å². The molecule has 2 rings (SSSR count). The summed E-state index contributed by atoms with van der Waals surface area (Å²) in [6.07, 6.45) is 0. The maximum absolute atomic E-state index is 8.91. The molecule has 0 bridgehead atoms. The molecule has 0 fully saturated rings. The van der Waals surface area contributed by atoms with E-state index >= 15 is 0 Å². The number of halogens is 2. The highest BCUT2D eigenvalue weighted by Crippen LogP contribution is 2.27. The van der Waals surface area contributed by atoms with Crippen LogP contribution < -0.4 is 5.32 Å². The van der Waals surface area contributed by atoms with Gasteiger partial charge in [0.05, 0.1) is 22.3 Å². The Morgan fingerprint density at radius 3 is 2.53 bits per heavy atom. The van der Waals surface area contributed by atoms with E-state index in [4.69, 9.17) is 16.9 Å². The van der Waals surface area contributed by atoms with Gasteiger partial charge in [-0.2, -0.15) is 5.26 Å². The topological polar surface area (TPSA) is 35.8 Å². The number of rotatable bonds is 3. The molecule has 0 radical (unpaired) electrons. The van der Waals surface area contributed by atoms with Crippen molar-refractivity contribution in [3.8, 4) is 6.07 Å². The molecule has 0 saturated carbocycles. The Morgan fingerprint density at radius 2 is 1.89 bits per heavy atom. The Morgan fingerprint density at radius 1 is 1.21 bits per heavy atom. The molecule has 1 N–H and O–H groups in total. The molecular formula is C15H12BrClN2. The molecule has 2 aromatic carbocycles. The van der Waals surface area contributed by atoms with E-state index in [2.05, 4.69) is 34.2 Å². The number of nitrogens with one attached hydrogen (secondary N) is 1. The number of nitrogens with zero attached hydrogens (tertiary/aromatic N) is 1. The lowest BCUT2D eigenvalue weighted by molar-refractivity contribution is 0.884. The summed E-state index contributed by atoms with van der Waals surface area (Å²) in [5, 5.41) is 12.8. The van der Waals surface area contributed by atoms with E-state index in [1.54, 1.807) is 18.2 Å². The molecule has 2 aromatic rings. The van der Waals surface area contributed by atoms with Crippen molar-refractivity contribution in [2.24, 2.45) is 0 Å². The molecule has 0 aliphatic rings. The summed E-state index contributed by atoms with van der Waals surface area (Å²) >= 11 is 9.54. The molecule has 4 heteroatoms. The molecule has 1 unspecified atom stereocenters. The van der Waals surface area contributed by atoms with E-state index in [1.165, 1.54) is 0 Å². The summed E-state index contributed by atoms with van der Waals surface area (Å²) in [5.41, 5.74) is 2.52. The van der Waals surface area contributed by atoms with Crippen LogP contribution in [0.4, 0.5) is 5.69 Å². The number of hydrogen-bond acceptors (Lipinski definition) is 2. The first kappa shape index (κ1) is 13.9. The summed E-state index contributed by atoms with van der Waals surface area (Å²) in [4.78, 5) is 0. The van der Waals surface area contributed by atoms with Gasteiger partial charge in [0.15, 0.2) is 0 Å². The van der Waals surface area contributed by atoms with Crippen LogP contribution in [0.15, 0.2) is 46.9 Å². The van der Waals surface area contributed by atoms with Crippen molar-refractivity contribution >= 4 is 33.2 Å². The Labute approximate surface area is 126 Å². The monoisotopic (exact) mass is 334 g/mol. The van der Waals surface area contributed by atoms with Gasteiger partial charge in [0, 0.05) is 10.5 Å². The van der Waals surface area contributed by atoms with Gasteiger partial charge in [-0.05, 0) is 42.8 Å². The van der Waals surface area contributed by atoms with Crippen LogP contribution in [0.1, 0.15) is 24.1 Å². The van der Waals surface area contributed by atoms with Crippen LogP contribution in [0, 0.1) is 11.3 Å². The van der Waals surface area contributed by atoms with Gasteiger partial charge in [-0.15, -0.1) is 0 Å². The van der Waals surface area contributed by atoms with Crippen LogP contribution in [0.25, 0.3) is 0 Å². The molecule has 0 spiro atoms. The summed E-state index contributed by atoms with van der Waals surface area (Å²) < 4.78 is 1.05. The lowest BCUT2D eigenvalue weighted by Gasteiger charge is -2.17. The second kappa shape index (κ2) is 6.10. The van der Waals surface area contributed by atoms with Crippen molar-refractivity contribution < 1.29 is 0 Å². The third-order valence-electron chi connectivity index (χ3n) is 2.84. The molecule has 0 amide bonds. The maximum atomic E-state index is 8.91. The summed E-state index contributed by atoms with van der Waals surface area (Å²) in [5.74, 6) is 0. The zero-order valence-corrected chi connectivity index (χ0v) is 12.7. The maximum Gasteiger partial charge on any atom is 0.0992 e. The molecular weight excluding hydrogens is 324 g/mol. The highest BCUT2D eigenvalue weighted by molar-refractivity contribution is 9.10. The van der Waals surface area contributed by atoms with Crippen molar-refractivity contribution in [2.45, 2.75) is 13.0 Å². The first-order valence-electron chi connectivity index (χ1n) is 5.82. The number of anilines is 1. The van der Waals surface area contributed by atoms with Crippen LogP contribution in [-0.4, -0.2) is 0 Å². The number of nitriles is 1. The molecule has 19 heavy (non-hydrogen) atoms. The minimum Gasteiger partial charge on any atom is -0.377 e. The van der Waals surface area contributed by atoms with Crippen LogP contribution in [0.5, 0.6) is 0 Å². The largest absolute Gasteiger partial charge is 0.377 e. The summed E-state index contributed by atoms with van der Waals surface area (Å²) in [7, 11) is 0. The van der Waals surface area contributed by atoms with Gasteiger partial charge in [-0.25, -0.2) is 0 Å². The van der Waals surface area contributed by atoms with Gasteiger partial charge in [0.2, 0.25) is 0 Å². The van der Waals surface area contributed by atoms with Gasteiger partial charge in [-0.3, -0.25) is 0 Å². The van der Waals surface area contributed by atoms with E-state index in [0.717, 1.165) is 15.7 Å². The molecule has 0 aliphatic carbocycles. The van der Waals surface area contributed by atoms with Gasteiger partial charge in [-0.1, -0.05) is 39.7 Å². The van der Waals surface area contributed by atoms with Crippen molar-refractivity contribution in [1.82, 2.24) is 0 Å². The number of hydrogen-bond donors (Lipinski definition) is 1. The standard InChI is InChI=1S/C15H12BrClN2/c1-10(12-3-5-13(16)6-4-12)19-15-8-11(9-18)2-7-14(15)17/h2-8,10,19H,1H3.